The third kappa shape index (κ3) is 0.775. The molecule has 0 saturated heterocycles. The van der Waals surface area contributed by atoms with Crippen LogP contribution in [0, 0.1) is 0 Å². The fraction of sp³-hybridized carbons (Fsp3) is 0.333. The smallest absolute Gasteiger partial charge is 0.177 e. The van der Waals surface area contributed by atoms with Crippen LogP contribution in [0.25, 0.3) is 0 Å². The molecule has 0 bridgehead atoms. The van der Waals surface area contributed by atoms with Crippen molar-refractivity contribution in [2.45, 2.75) is 12.3 Å². The zero-order valence-electron chi connectivity index (χ0n) is 5.36. The van der Waals surface area contributed by atoms with Crippen molar-refractivity contribution in [2.75, 3.05) is 0 Å². The molecule has 2 N–H and O–H groups in total. The molecule has 0 amide bonds. The lowest BCUT2D eigenvalue weighted by atomic mass is 10.4. The first-order valence-corrected chi connectivity index (χ1v) is 3.19. The number of hydrogen-bond acceptors (Lipinski definition) is 4. The van der Waals surface area contributed by atoms with Crippen LogP contribution in [0.4, 0.5) is 0 Å². The van der Waals surface area contributed by atoms with E-state index < -0.39 is 0 Å². The van der Waals surface area contributed by atoms with Crippen LogP contribution in [-0.2, 0) is 0 Å². The summed E-state index contributed by atoms with van der Waals surface area (Å²) < 4.78 is 0. The molecule has 4 heteroatoms. The maximum atomic E-state index is 4.11. The van der Waals surface area contributed by atoms with E-state index in [-0.39, 0.29) is 12.3 Å². The average molecular weight is 136 g/mol. The van der Waals surface area contributed by atoms with Crippen LogP contribution in [0.2, 0.25) is 0 Å². The third-order valence-electron chi connectivity index (χ3n) is 1.48. The molecule has 0 aliphatic carbocycles. The molecule has 0 radical (unpaired) electrons. The number of hydrogen-bond donors (Lipinski definition) is 2. The van der Waals surface area contributed by atoms with Crippen molar-refractivity contribution in [1.29, 1.82) is 0 Å². The molecule has 0 fully saturated rings. The van der Waals surface area contributed by atoms with Gasteiger partial charge in [-0.05, 0) is 0 Å². The van der Waals surface area contributed by atoms with Gasteiger partial charge in [-0.2, -0.15) is 0 Å². The first kappa shape index (κ1) is 5.46. The van der Waals surface area contributed by atoms with Gasteiger partial charge < -0.3 is 10.6 Å². The molecular formula is C6H8N4. The molecule has 4 nitrogen and oxygen atoms in total. The third-order valence-corrected chi connectivity index (χ3v) is 1.48. The summed E-state index contributed by atoms with van der Waals surface area (Å²) in [7, 11) is 0. The van der Waals surface area contributed by atoms with Crippen LogP contribution in [0.15, 0.2) is 22.4 Å². The van der Waals surface area contributed by atoms with Crippen LogP contribution in [0.5, 0.6) is 0 Å². The molecule has 2 heterocycles. The summed E-state index contributed by atoms with van der Waals surface area (Å²) in [4.78, 5) is 8.21. The van der Waals surface area contributed by atoms with Gasteiger partial charge in [0.2, 0.25) is 0 Å². The van der Waals surface area contributed by atoms with E-state index in [1.165, 1.54) is 0 Å². The molecular weight excluding hydrogens is 128 g/mol. The quantitative estimate of drug-likeness (QED) is 0.508. The molecule has 0 unspecified atom stereocenters. The predicted molar refractivity (Wildman–Crippen MR) is 40.0 cm³/mol. The summed E-state index contributed by atoms with van der Waals surface area (Å²) >= 11 is 0. The fourth-order valence-electron chi connectivity index (χ4n) is 0.988. The van der Waals surface area contributed by atoms with Gasteiger partial charge in [0.15, 0.2) is 6.17 Å². The van der Waals surface area contributed by atoms with Gasteiger partial charge in [-0.15, -0.1) is 0 Å². The van der Waals surface area contributed by atoms with E-state index in [1.807, 2.05) is 12.4 Å². The van der Waals surface area contributed by atoms with E-state index in [4.69, 9.17) is 0 Å². The molecule has 0 saturated carbocycles. The fourth-order valence-corrected chi connectivity index (χ4v) is 0.988. The Morgan fingerprint density at radius 1 is 1.00 bits per heavy atom. The van der Waals surface area contributed by atoms with Gasteiger partial charge in [0.25, 0.3) is 0 Å². The lowest BCUT2D eigenvalue weighted by Crippen LogP contribution is -2.39. The molecule has 2 aliphatic rings. The van der Waals surface area contributed by atoms with Crippen molar-refractivity contribution in [3.8, 4) is 0 Å². The van der Waals surface area contributed by atoms with E-state index in [2.05, 4.69) is 20.6 Å². The minimum atomic E-state index is 0.00926. The molecule has 2 rings (SSSR count). The monoisotopic (exact) mass is 136 g/mol. The Balaban J connectivity index is 2.00. The topological polar surface area (TPSA) is 48.8 Å². The Labute approximate surface area is 58.8 Å². The predicted octanol–water partition coefficient (Wildman–Crippen LogP) is -0.542. The largest absolute Gasteiger partial charge is 0.367 e. The van der Waals surface area contributed by atoms with Crippen molar-refractivity contribution in [2.24, 2.45) is 9.98 Å². The first-order valence-electron chi connectivity index (χ1n) is 3.19. The summed E-state index contributed by atoms with van der Waals surface area (Å²) in [5.41, 5.74) is 0. The Bertz CT molecular complexity index is 186. The van der Waals surface area contributed by atoms with E-state index in [0.29, 0.717) is 0 Å². The zero-order valence-corrected chi connectivity index (χ0v) is 5.36. The average Bonchev–Trinajstić information content (AvgIpc) is 2.59. The highest BCUT2D eigenvalue weighted by Crippen LogP contribution is 2.03. The van der Waals surface area contributed by atoms with Crippen molar-refractivity contribution < 1.29 is 0 Å². The lowest BCUT2D eigenvalue weighted by Gasteiger charge is -2.14. The van der Waals surface area contributed by atoms with Crippen molar-refractivity contribution in [1.82, 2.24) is 10.6 Å². The summed E-state index contributed by atoms with van der Waals surface area (Å²) in [5, 5.41) is 6.16. The van der Waals surface area contributed by atoms with Gasteiger partial charge in [-0.3, -0.25) is 9.98 Å². The first-order chi connectivity index (χ1) is 4.97. The molecule has 52 valence electrons. The minimum Gasteiger partial charge on any atom is -0.367 e. The van der Waals surface area contributed by atoms with Crippen molar-refractivity contribution >= 4 is 12.4 Å². The summed E-state index contributed by atoms with van der Waals surface area (Å²) in [6.07, 6.45) is 7.30. The minimum absolute atomic E-state index is 0.00926. The number of aliphatic imine (C=N–C) groups is 2. The van der Waals surface area contributed by atoms with Crippen molar-refractivity contribution in [3.63, 3.8) is 0 Å². The molecule has 0 aromatic heterocycles. The Morgan fingerprint density at radius 2 is 1.60 bits per heavy atom. The van der Waals surface area contributed by atoms with Crippen LogP contribution in [0.1, 0.15) is 0 Å². The molecule has 0 aromatic carbocycles. The SMILES string of the molecule is C1=CNC(C2N=CC=N2)N1. The number of nitrogens with one attached hydrogen (secondary N) is 2. The van der Waals surface area contributed by atoms with Gasteiger partial charge in [0.05, 0.1) is 0 Å². The van der Waals surface area contributed by atoms with Gasteiger partial charge in [0, 0.05) is 24.8 Å². The van der Waals surface area contributed by atoms with Crippen LogP contribution >= 0.6 is 0 Å². The van der Waals surface area contributed by atoms with E-state index in [0.717, 1.165) is 0 Å². The highest BCUT2D eigenvalue weighted by atomic mass is 15.2. The summed E-state index contributed by atoms with van der Waals surface area (Å²) in [5.74, 6) is 0. The van der Waals surface area contributed by atoms with Crippen molar-refractivity contribution in [3.05, 3.63) is 12.4 Å². The zero-order chi connectivity index (χ0) is 6.81. The Hall–Kier alpha value is -1.32. The molecule has 2 aliphatic heterocycles. The standard InChI is InChI=1S/C6H8N4/c1-2-8-5(7-1)6-9-3-4-10-6/h1-8H. The second-order valence-corrected chi connectivity index (χ2v) is 2.15. The van der Waals surface area contributed by atoms with E-state index >= 15 is 0 Å². The molecule has 10 heavy (non-hydrogen) atoms. The number of rotatable bonds is 1. The van der Waals surface area contributed by atoms with E-state index in [1.54, 1.807) is 12.4 Å². The summed E-state index contributed by atoms with van der Waals surface area (Å²) in [6.45, 7) is 0. The van der Waals surface area contributed by atoms with Gasteiger partial charge in [0.1, 0.15) is 6.17 Å². The maximum absolute atomic E-state index is 4.11. The van der Waals surface area contributed by atoms with Crippen LogP contribution in [-0.4, -0.2) is 24.8 Å². The summed E-state index contributed by atoms with van der Waals surface area (Å²) in [6, 6.07) is 0. The normalized spacial score (nSPS) is 23.6. The second-order valence-electron chi connectivity index (χ2n) is 2.15. The Morgan fingerprint density at radius 3 is 2.20 bits per heavy atom. The highest BCUT2D eigenvalue weighted by molar-refractivity contribution is 6.17. The maximum Gasteiger partial charge on any atom is 0.177 e. The van der Waals surface area contributed by atoms with Gasteiger partial charge in [-0.25, -0.2) is 0 Å². The highest BCUT2D eigenvalue weighted by Gasteiger charge is 2.19. The van der Waals surface area contributed by atoms with Crippen LogP contribution in [0.3, 0.4) is 0 Å². The second kappa shape index (κ2) is 2.13. The molecule has 0 spiro atoms. The van der Waals surface area contributed by atoms with Gasteiger partial charge >= 0.3 is 0 Å². The lowest BCUT2D eigenvalue weighted by molar-refractivity contribution is 0.480. The molecule has 0 aromatic rings. The molecule has 0 atom stereocenters. The number of nitrogens with zero attached hydrogens (tertiary/aromatic N) is 2. The van der Waals surface area contributed by atoms with Crippen LogP contribution < -0.4 is 10.6 Å². The Kier molecular flexibility index (Phi) is 1.16. The van der Waals surface area contributed by atoms with E-state index in [9.17, 15) is 0 Å². The van der Waals surface area contributed by atoms with Gasteiger partial charge in [-0.1, -0.05) is 0 Å².